The van der Waals surface area contributed by atoms with Crippen molar-refractivity contribution in [3.8, 4) is 11.3 Å². The normalized spacial score (nSPS) is 10.9. The van der Waals surface area contributed by atoms with Crippen molar-refractivity contribution >= 4 is 17.2 Å². The van der Waals surface area contributed by atoms with Crippen LogP contribution in [0.15, 0.2) is 42.6 Å². The number of hydrogen-bond acceptors (Lipinski definition) is 3. The number of benzene rings is 1. The number of rotatable bonds is 3. The molecule has 0 aliphatic heterocycles. The Balaban J connectivity index is 2.05. The van der Waals surface area contributed by atoms with Gasteiger partial charge in [-0.25, -0.2) is 4.98 Å². The van der Waals surface area contributed by atoms with Gasteiger partial charge in [-0.1, -0.05) is 29.8 Å². The van der Waals surface area contributed by atoms with Crippen molar-refractivity contribution in [3.63, 3.8) is 0 Å². The Morgan fingerprint density at radius 2 is 1.91 bits per heavy atom. The summed E-state index contributed by atoms with van der Waals surface area (Å²) in [6.45, 7) is 4.05. The quantitative estimate of drug-likeness (QED) is 0.779. The SMILES string of the molecule is Cc1ccc(-c2nc3ccc(NC(=O)CN)cn3c2C)cc1. The maximum atomic E-state index is 11.4. The standard InChI is InChI=1S/C17H18N4O/c1-11-3-5-13(6-4-11)17-12(2)21-10-14(19-16(22)9-18)7-8-15(21)20-17/h3-8,10H,9,18H2,1-2H3,(H,19,22). The number of pyridine rings is 1. The number of anilines is 1. The minimum atomic E-state index is -0.212. The highest BCUT2D eigenvalue weighted by atomic mass is 16.1. The van der Waals surface area contributed by atoms with E-state index in [4.69, 9.17) is 5.73 Å². The van der Waals surface area contributed by atoms with E-state index in [9.17, 15) is 4.79 Å². The summed E-state index contributed by atoms with van der Waals surface area (Å²) in [6, 6.07) is 12.0. The summed E-state index contributed by atoms with van der Waals surface area (Å²) < 4.78 is 1.97. The second-order valence-corrected chi connectivity index (χ2v) is 5.31. The van der Waals surface area contributed by atoms with E-state index in [0.29, 0.717) is 5.69 Å². The molecule has 0 radical (unpaired) electrons. The molecular formula is C17H18N4O. The molecule has 1 aromatic carbocycles. The molecule has 3 N–H and O–H groups in total. The van der Waals surface area contributed by atoms with Gasteiger partial charge in [-0.15, -0.1) is 0 Å². The van der Waals surface area contributed by atoms with Crippen LogP contribution in [0, 0.1) is 13.8 Å². The molecule has 2 aromatic heterocycles. The van der Waals surface area contributed by atoms with Crippen LogP contribution >= 0.6 is 0 Å². The highest BCUT2D eigenvalue weighted by Gasteiger charge is 2.11. The molecule has 3 aromatic rings. The molecule has 0 atom stereocenters. The van der Waals surface area contributed by atoms with Crippen LogP contribution in [0.3, 0.4) is 0 Å². The van der Waals surface area contributed by atoms with E-state index >= 15 is 0 Å². The Morgan fingerprint density at radius 3 is 2.59 bits per heavy atom. The first-order valence-corrected chi connectivity index (χ1v) is 7.14. The van der Waals surface area contributed by atoms with Crippen molar-refractivity contribution in [2.45, 2.75) is 13.8 Å². The third-order valence-electron chi connectivity index (χ3n) is 3.65. The van der Waals surface area contributed by atoms with Crippen molar-refractivity contribution in [2.24, 2.45) is 5.73 Å². The van der Waals surface area contributed by atoms with Crippen molar-refractivity contribution in [3.05, 3.63) is 53.9 Å². The van der Waals surface area contributed by atoms with E-state index < -0.39 is 0 Å². The van der Waals surface area contributed by atoms with Crippen LogP contribution in [-0.2, 0) is 4.79 Å². The lowest BCUT2D eigenvalue weighted by atomic mass is 10.1. The van der Waals surface area contributed by atoms with Crippen molar-refractivity contribution in [2.75, 3.05) is 11.9 Å². The molecular weight excluding hydrogens is 276 g/mol. The third-order valence-corrected chi connectivity index (χ3v) is 3.65. The molecule has 0 saturated carbocycles. The molecule has 5 nitrogen and oxygen atoms in total. The van der Waals surface area contributed by atoms with Gasteiger partial charge in [0.2, 0.25) is 5.91 Å². The zero-order valence-corrected chi connectivity index (χ0v) is 12.6. The highest BCUT2D eigenvalue weighted by molar-refractivity contribution is 5.92. The van der Waals surface area contributed by atoms with E-state index in [-0.39, 0.29) is 12.5 Å². The van der Waals surface area contributed by atoms with Crippen LogP contribution in [0.25, 0.3) is 16.9 Å². The van der Waals surface area contributed by atoms with Crippen molar-refractivity contribution in [1.29, 1.82) is 0 Å². The van der Waals surface area contributed by atoms with Crippen molar-refractivity contribution < 1.29 is 4.79 Å². The van der Waals surface area contributed by atoms with Gasteiger partial charge >= 0.3 is 0 Å². The lowest BCUT2D eigenvalue weighted by molar-refractivity contribution is -0.114. The summed E-state index contributed by atoms with van der Waals surface area (Å²) in [5.74, 6) is -0.212. The molecule has 0 spiro atoms. The number of carbonyl (C=O) groups excluding carboxylic acids is 1. The van der Waals surface area contributed by atoms with Gasteiger partial charge < -0.3 is 15.5 Å². The summed E-state index contributed by atoms with van der Waals surface area (Å²) >= 11 is 0. The van der Waals surface area contributed by atoms with Gasteiger partial charge in [-0.3, -0.25) is 4.79 Å². The molecule has 5 heteroatoms. The van der Waals surface area contributed by atoms with E-state index in [0.717, 1.165) is 22.6 Å². The Morgan fingerprint density at radius 1 is 1.18 bits per heavy atom. The first kappa shape index (κ1) is 14.3. The number of amides is 1. The van der Waals surface area contributed by atoms with Gasteiger partial charge in [-0.05, 0) is 26.0 Å². The molecule has 0 saturated heterocycles. The van der Waals surface area contributed by atoms with Gasteiger partial charge in [0.25, 0.3) is 0 Å². The van der Waals surface area contributed by atoms with Gasteiger partial charge in [0.1, 0.15) is 5.65 Å². The largest absolute Gasteiger partial charge is 0.324 e. The first-order chi connectivity index (χ1) is 10.6. The van der Waals surface area contributed by atoms with Crippen LogP contribution in [0.1, 0.15) is 11.3 Å². The minimum Gasteiger partial charge on any atom is -0.324 e. The van der Waals surface area contributed by atoms with E-state index in [2.05, 4.69) is 41.5 Å². The number of aryl methyl sites for hydroxylation is 2. The first-order valence-electron chi connectivity index (χ1n) is 7.14. The summed E-state index contributed by atoms with van der Waals surface area (Å²) in [5.41, 5.74) is 11.2. The van der Waals surface area contributed by atoms with Crippen LogP contribution in [-0.4, -0.2) is 21.8 Å². The minimum absolute atomic E-state index is 0.0322. The maximum absolute atomic E-state index is 11.4. The average Bonchev–Trinajstić information content (AvgIpc) is 2.85. The second-order valence-electron chi connectivity index (χ2n) is 5.31. The lowest BCUT2D eigenvalue weighted by Crippen LogP contribution is -2.21. The lowest BCUT2D eigenvalue weighted by Gasteiger charge is -2.05. The van der Waals surface area contributed by atoms with Gasteiger partial charge in [0.15, 0.2) is 0 Å². The number of nitrogens with two attached hydrogens (primary N) is 1. The van der Waals surface area contributed by atoms with E-state index in [1.165, 1.54) is 5.56 Å². The third kappa shape index (κ3) is 2.58. The Bertz CT molecular complexity index is 834. The molecule has 112 valence electrons. The molecule has 0 aliphatic rings. The molecule has 0 aliphatic carbocycles. The molecule has 22 heavy (non-hydrogen) atoms. The van der Waals surface area contributed by atoms with Crippen molar-refractivity contribution in [1.82, 2.24) is 9.38 Å². The Kier molecular flexibility index (Phi) is 3.65. The van der Waals surface area contributed by atoms with Gasteiger partial charge in [0.05, 0.1) is 17.9 Å². The zero-order valence-electron chi connectivity index (χ0n) is 12.6. The predicted octanol–water partition coefficient (Wildman–Crippen LogP) is 2.52. The number of fused-ring (bicyclic) bond motifs is 1. The smallest absolute Gasteiger partial charge is 0.238 e. The summed E-state index contributed by atoms with van der Waals surface area (Å²) in [5, 5.41) is 2.75. The number of carbonyl (C=O) groups is 1. The summed E-state index contributed by atoms with van der Waals surface area (Å²) in [4.78, 5) is 16.1. The van der Waals surface area contributed by atoms with E-state index in [1.807, 2.05) is 29.7 Å². The number of hydrogen-bond donors (Lipinski definition) is 2. The molecule has 1 amide bonds. The van der Waals surface area contributed by atoms with Crippen LogP contribution in [0.4, 0.5) is 5.69 Å². The topological polar surface area (TPSA) is 72.4 Å². The number of aromatic nitrogens is 2. The van der Waals surface area contributed by atoms with E-state index in [1.54, 1.807) is 0 Å². The van der Waals surface area contributed by atoms with Crippen LogP contribution in [0.2, 0.25) is 0 Å². The number of nitrogens with zero attached hydrogens (tertiary/aromatic N) is 2. The second kappa shape index (κ2) is 5.61. The fourth-order valence-corrected chi connectivity index (χ4v) is 2.43. The molecule has 0 bridgehead atoms. The van der Waals surface area contributed by atoms with Crippen LogP contribution < -0.4 is 11.1 Å². The Labute approximate surface area is 128 Å². The monoisotopic (exact) mass is 294 g/mol. The summed E-state index contributed by atoms with van der Waals surface area (Å²) in [7, 11) is 0. The van der Waals surface area contributed by atoms with Gasteiger partial charge in [-0.2, -0.15) is 0 Å². The fraction of sp³-hybridized carbons (Fsp3) is 0.176. The predicted molar refractivity (Wildman–Crippen MR) is 87.8 cm³/mol. The summed E-state index contributed by atoms with van der Waals surface area (Å²) in [6.07, 6.45) is 1.86. The van der Waals surface area contributed by atoms with Crippen LogP contribution in [0.5, 0.6) is 0 Å². The Hall–Kier alpha value is -2.66. The molecule has 0 unspecified atom stereocenters. The highest BCUT2D eigenvalue weighted by Crippen LogP contribution is 2.25. The fourth-order valence-electron chi connectivity index (χ4n) is 2.43. The average molecular weight is 294 g/mol. The number of imidazole rings is 1. The van der Waals surface area contributed by atoms with Gasteiger partial charge in [0, 0.05) is 17.5 Å². The maximum Gasteiger partial charge on any atom is 0.238 e. The number of nitrogens with one attached hydrogen (secondary N) is 1. The molecule has 0 fully saturated rings. The molecule has 2 heterocycles. The zero-order chi connectivity index (χ0) is 15.7. The molecule has 3 rings (SSSR count).